The fourth-order valence-electron chi connectivity index (χ4n) is 2.59. The molecule has 7 nitrogen and oxygen atoms in total. The fraction of sp³-hybridized carbons (Fsp3) is 0.556. The van der Waals surface area contributed by atoms with Crippen molar-refractivity contribution >= 4 is 21.9 Å². The molecule has 2 rings (SSSR count). The first kappa shape index (κ1) is 20.4. The second kappa shape index (κ2) is 8.64. The van der Waals surface area contributed by atoms with Gasteiger partial charge < -0.3 is 10.1 Å². The van der Waals surface area contributed by atoms with Gasteiger partial charge in [-0.3, -0.25) is 4.79 Å². The number of carbonyl (C=O) groups excluding carboxylic acids is 2. The predicted molar refractivity (Wildman–Crippen MR) is 97.2 cm³/mol. The fourth-order valence-corrected chi connectivity index (χ4v) is 4.16. The lowest BCUT2D eigenvalue weighted by molar-refractivity contribution is -0.129. The lowest BCUT2D eigenvalue weighted by atomic mass is 10.2. The SMILES string of the molecule is CC(C)CNC(=O)[C@@H](C)OC(=O)c1cccc(S(=O)(=O)N2CCCC2)c1. The third-order valence-corrected chi connectivity index (χ3v) is 6.00. The zero-order chi connectivity index (χ0) is 19.3. The topological polar surface area (TPSA) is 92.8 Å². The van der Waals surface area contributed by atoms with Gasteiger partial charge in [0, 0.05) is 19.6 Å². The van der Waals surface area contributed by atoms with Crippen LogP contribution in [0.1, 0.15) is 44.0 Å². The van der Waals surface area contributed by atoms with Gasteiger partial charge in [0.15, 0.2) is 6.10 Å². The minimum atomic E-state index is -3.61. The first-order chi connectivity index (χ1) is 12.2. The minimum Gasteiger partial charge on any atom is -0.449 e. The van der Waals surface area contributed by atoms with E-state index in [0.717, 1.165) is 12.8 Å². The Hall–Kier alpha value is -1.93. The summed E-state index contributed by atoms with van der Waals surface area (Å²) in [4.78, 5) is 24.3. The highest BCUT2D eigenvalue weighted by Gasteiger charge is 2.28. The van der Waals surface area contributed by atoms with Gasteiger partial charge in [-0.15, -0.1) is 0 Å². The van der Waals surface area contributed by atoms with E-state index >= 15 is 0 Å². The van der Waals surface area contributed by atoms with Crippen LogP contribution in [0.5, 0.6) is 0 Å². The minimum absolute atomic E-state index is 0.0609. The summed E-state index contributed by atoms with van der Waals surface area (Å²) in [6.45, 7) is 6.88. The summed E-state index contributed by atoms with van der Waals surface area (Å²) in [7, 11) is -3.61. The van der Waals surface area contributed by atoms with E-state index < -0.39 is 22.1 Å². The van der Waals surface area contributed by atoms with Crippen LogP contribution in [-0.4, -0.2) is 50.3 Å². The molecule has 1 atom stereocenters. The molecular weight excluding hydrogens is 356 g/mol. The zero-order valence-electron chi connectivity index (χ0n) is 15.4. The second-order valence-corrected chi connectivity index (χ2v) is 8.76. The largest absolute Gasteiger partial charge is 0.449 e. The maximum atomic E-state index is 12.6. The van der Waals surface area contributed by atoms with Gasteiger partial charge >= 0.3 is 5.97 Å². The third-order valence-electron chi connectivity index (χ3n) is 4.11. The van der Waals surface area contributed by atoms with Crippen LogP contribution in [0.4, 0.5) is 0 Å². The predicted octanol–water partition coefficient (Wildman–Crippen LogP) is 1.79. The molecule has 0 radical (unpaired) electrons. The van der Waals surface area contributed by atoms with Crippen molar-refractivity contribution in [2.24, 2.45) is 5.92 Å². The molecule has 1 fully saturated rings. The molecule has 1 aromatic carbocycles. The van der Waals surface area contributed by atoms with E-state index in [0.29, 0.717) is 19.6 Å². The van der Waals surface area contributed by atoms with Gasteiger partial charge in [0.05, 0.1) is 10.5 Å². The number of esters is 1. The van der Waals surface area contributed by atoms with Crippen molar-refractivity contribution in [3.63, 3.8) is 0 Å². The first-order valence-corrected chi connectivity index (χ1v) is 10.2. The Labute approximate surface area is 154 Å². The highest BCUT2D eigenvalue weighted by molar-refractivity contribution is 7.89. The molecule has 1 aliphatic heterocycles. The Morgan fingerprint density at radius 1 is 1.19 bits per heavy atom. The highest BCUT2D eigenvalue weighted by Crippen LogP contribution is 2.22. The van der Waals surface area contributed by atoms with E-state index in [-0.39, 0.29) is 22.3 Å². The number of hydrogen-bond acceptors (Lipinski definition) is 5. The van der Waals surface area contributed by atoms with E-state index in [2.05, 4.69) is 5.32 Å². The number of nitrogens with one attached hydrogen (secondary N) is 1. The van der Waals surface area contributed by atoms with Gasteiger partial charge in [-0.05, 0) is 43.9 Å². The monoisotopic (exact) mass is 382 g/mol. The summed E-state index contributed by atoms with van der Waals surface area (Å²) < 4.78 is 31.8. The number of rotatable bonds is 7. The lowest BCUT2D eigenvalue weighted by Crippen LogP contribution is -2.37. The summed E-state index contributed by atoms with van der Waals surface area (Å²) in [5.74, 6) is -0.821. The number of carbonyl (C=O) groups is 2. The summed E-state index contributed by atoms with van der Waals surface area (Å²) >= 11 is 0. The molecule has 1 N–H and O–H groups in total. The first-order valence-electron chi connectivity index (χ1n) is 8.80. The second-order valence-electron chi connectivity index (χ2n) is 6.83. The molecule has 144 valence electrons. The van der Waals surface area contributed by atoms with Gasteiger partial charge in [-0.25, -0.2) is 13.2 Å². The number of hydrogen-bond donors (Lipinski definition) is 1. The average molecular weight is 382 g/mol. The van der Waals surface area contributed by atoms with Crippen LogP contribution in [0.25, 0.3) is 0 Å². The van der Waals surface area contributed by atoms with Crippen molar-refractivity contribution in [3.05, 3.63) is 29.8 Å². The molecule has 0 unspecified atom stereocenters. The van der Waals surface area contributed by atoms with Crippen molar-refractivity contribution in [2.45, 2.75) is 44.6 Å². The smallest absolute Gasteiger partial charge is 0.338 e. The molecule has 1 amide bonds. The summed E-state index contributed by atoms with van der Waals surface area (Å²) in [6.07, 6.45) is 0.716. The van der Waals surface area contributed by atoms with Gasteiger partial charge in [-0.1, -0.05) is 19.9 Å². The van der Waals surface area contributed by atoms with Gasteiger partial charge in [0.25, 0.3) is 5.91 Å². The van der Waals surface area contributed by atoms with Crippen LogP contribution in [-0.2, 0) is 19.6 Å². The van der Waals surface area contributed by atoms with Crippen molar-refractivity contribution in [3.8, 4) is 0 Å². The summed E-state index contributed by atoms with van der Waals surface area (Å²) in [6, 6.07) is 5.74. The van der Waals surface area contributed by atoms with E-state index in [9.17, 15) is 18.0 Å². The average Bonchev–Trinajstić information content (AvgIpc) is 3.15. The van der Waals surface area contributed by atoms with Gasteiger partial charge in [0.2, 0.25) is 10.0 Å². The normalized spacial score (nSPS) is 16.5. The Morgan fingerprint density at radius 2 is 1.85 bits per heavy atom. The Bertz CT molecular complexity index is 755. The lowest BCUT2D eigenvalue weighted by Gasteiger charge is -2.17. The molecule has 0 aromatic heterocycles. The van der Waals surface area contributed by atoms with Crippen molar-refractivity contribution < 1.29 is 22.7 Å². The zero-order valence-corrected chi connectivity index (χ0v) is 16.2. The standard InChI is InChI=1S/C18H26N2O5S/c1-13(2)12-19-17(21)14(3)25-18(22)15-7-6-8-16(11-15)26(23,24)20-9-4-5-10-20/h6-8,11,13-14H,4-5,9-10,12H2,1-3H3,(H,19,21)/t14-/m1/s1. The molecule has 1 aromatic rings. The molecule has 8 heteroatoms. The van der Waals surface area contributed by atoms with Gasteiger partial charge in [-0.2, -0.15) is 4.31 Å². The maximum absolute atomic E-state index is 12.6. The van der Waals surface area contributed by atoms with Crippen LogP contribution in [0.3, 0.4) is 0 Å². The summed E-state index contributed by atoms with van der Waals surface area (Å²) in [5, 5.41) is 2.69. The number of amides is 1. The molecule has 1 saturated heterocycles. The number of ether oxygens (including phenoxy) is 1. The van der Waals surface area contributed by atoms with E-state index in [1.54, 1.807) is 0 Å². The molecule has 0 aliphatic carbocycles. The van der Waals surface area contributed by atoms with Crippen LogP contribution >= 0.6 is 0 Å². The molecule has 1 aliphatic rings. The van der Waals surface area contributed by atoms with Crippen molar-refractivity contribution in [2.75, 3.05) is 19.6 Å². The molecule has 0 spiro atoms. The van der Waals surface area contributed by atoms with Crippen molar-refractivity contribution in [1.29, 1.82) is 0 Å². The maximum Gasteiger partial charge on any atom is 0.338 e. The molecule has 0 bridgehead atoms. The van der Waals surface area contributed by atoms with Crippen LogP contribution in [0, 0.1) is 5.92 Å². The summed E-state index contributed by atoms with van der Waals surface area (Å²) in [5.41, 5.74) is 0.105. The van der Waals surface area contributed by atoms with E-state index in [1.165, 1.54) is 35.5 Å². The number of sulfonamides is 1. The highest BCUT2D eigenvalue weighted by atomic mass is 32.2. The number of nitrogens with zero attached hydrogens (tertiary/aromatic N) is 1. The molecule has 0 saturated carbocycles. The quantitative estimate of drug-likeness (QED) is 0.726. The van der Waals surface area contributed by atoms with E-state index in [1.807, 2.05) is 13.8 Å². The molecule has 1 heterocycles. The number of benzene rings is 1. The Kier molecular flexibility index (Phi) is 6.77. The van der Waals surface area contributed by atoms with Crippen LogP contribution in [0.2, 0.25) is 0 Å². The molecular formula is C18H26N2O5S. The Balaban J connectivity index is 2.07. The molecule has 26 heavy (non-hydrogen) atoms. The van der Waals surface area contributed by atoms with Crippen molar-refractivity contribution in [1.82, 2.24) is 9.62 Å². The van der Waals surface area contributed by atoms with Crippen LogP contribution in [0.15, 0.2) is 29.2 Å². The van der Waals surface area contributed by atoms with Crippen LogP contribution < -0.4 is 5.32 Å². The van der Waals surface area contributed by atoms with Gasteiger partial charge in [0.1, 0.15) is 0 Å². The third kappa shape index (κ3) is 5.04. The Morgan fingerprint density at radius 3 is 2.46 bits per heavy atom. The van der Waals surface area contributed by atoms with E-state index in [4.69, 9.17) is 4.74 Å².